The molecule has 1 aromatic carbocycles. The van der Waals surface area contributed by atoms with Crippen molar-refractivity contribution < 1.29 is 12.6 Å². The van der Waals surface area contributed by atoms with Crippen molar-refractivity contribution in [3.63, 3.8) is 0 Å². The van der Waals surface area contributed by atoms with Crippen LogP contribution in [0.15, 0.2) is 48.3 Å². The van der Waals surface area contributed by atoms with Gasteiger partial charge < -0.3 is 4.57 Å². The lowest BCUT2D eigenvalue weighted by Gasteiger charge is -2.57. The number of benzene rings is 1. The monoisotopic (exact) mass is 466 g/mol. The zero-order chi connectivity index (χ0) is 23.0. The molecule has 5 nitrogen and oxygen atoms in total. The molecule has 6 rings (SSSR count). The third-order valence-corrected chi connectivity index (χ3v) is 10.2. The standard InChI is InChI=1S/C27H34N2O3S/c1-26-14-12-19(32-33(3,30)31)16-18(26)8-9-20-21-10-11-25(27(21,2)15-13-22(20)26)29-17-28-23-6-4-5-7-24(23)29/h4-8,11,17,19-22H,9-10,12-16H2,1-3H3/t19-,20-,21-,22-,26-,27-/m0/s1. The Hall–Kier alpha value is -1.92. The van der Waals surface area contributed by atoms with Gasteiger partial charge in [0.05, 0.1) is 23.4 Å². The average molecular weight is 467 g/mol. The van der Waals surface area contributed by atoms with Crippen LogP contribution in [0.3, 0.4) is 0 Å². The molecule has 1 aromatic heterocycles. The van der Waals surface area contributed by atoms with Gasteiger partial charge in [0, 0.05) is 11.1 Å². The van der Waals surface area contributed by atoms with Gasteiger partial charge in [0.15, 0.2) is 0 Å². The molecule has 6 heteroatoms. The van der Waals surface area contributed by atoms with Gasteiger partial charge in [-0.1, -0.05) is 43.7 Å². The molecule has 0 radical (unpaired) electrons. The minimum Gasteiger partial charge on any atom is -0.302 e. The van der Waals surface area contributed by atoms with E-state index in [1.807, 2.05) is 6.33 Å². The van der Waals surface area contributed by atoms with E-state index in [4.69, 9.17) is 4.18 Å². The van der Waals surface area contributed by atoms with E-state index in [9.17, 15) is 8.42 Å². The normalized spacial score (nSPS) is 38.3. The fourth-order valence-electron chi connectivity index (χ4n) is 8.03. The molecule has 0 amide bonds. The van der Waals surface area contributed by atoms with Crippen molar-refractivity contribution in [2.75, 3.05) is 6.26 Å². The van der Waals surface area contributed by atoms with Gasteiger partial charge in [0.2, 0.25) is 0 Å². The van der Waals surface area contributed by atoms with Crippen LogP contribution >= 0.6 is 0 Å². The molecular formula is C27H34N2O3S. The van der Waals surface area contributed by atoms with Crippen molar-refractivity contribution in [1.29, 1.82) is 0 Å². The largest absolute Gasteiger partial charge is 0.302 e. The van der Waals surface area contributed by atoms with E-state index in [0.717, 1.165) is 37.6 Å². The fraction of sp³-hybridized carbons (Fsp3) is 0.593. The summed E-state index contributed by atoms with van der Waals surface area (Å²) in [5.74, 6) is 1.99. The van der Waals surface area contributed by atoms with Crippen molar-refractivity contribution in [2.45, 2.75) is 64.9 Å². The second kappa shape index (κ2) is 7.29. The molecule has 176 valence electrons. The van der Waals surface area contributed by atoms with Crippen molar-refractivity contribution in [2.24, 2.45) is 28.6 Å². The van der Waals surface area contributed by atoms with E-state index in [0.29, 0.717) is 17.8 Å². The summed E-state index contributed by atoms with van der Waals surface area (Å²) in [6, 6.07) is 8.43. The van der Waals surface area contributed by atoms with Crippen LogP contribution in [0.5, 0.6) is 0 Å². The molecule has 0 N–H and O–H groups in total. The maximum absolute atomic E-state index is 11.7. The van der Waals surface area contributed by atoms with Crippen LogP contribution in [0.2, 0.25) is 0 Å². The van der Waals surface area contributed by atoms with Crippen molar-refractivity contribution >= 4 is 26.8 Å². The first-order valence-corrected chi connectivity index (χ1v) is 14.2. The van der Waals surface area contributed by atoms with Gasteiger partial charge in [-0.15, -0.1) is 0 Å². The number of hydrogen-bond acceptors (Lipinski definition) is 4. The van der Waals surface area contributed by atoms with Gasteiger partial charge in [-0.25, -0.2) is 4.98 Å². The predicted molar refractivity (Wildman–Crippen MR) is 131 cm³/mol. The molecule has 0 bridgehead atoms. The molecule has 0 saturated heterocycles. The van der Waals surface area contributed by atoms with Crippen molar-refractivity contribution in [1.82, 2.24) is 9.55 Å². The Kier molecular flexibility index (Phi) is 4.77. The smallest absolute Gasteiger partial charge is 0.264 e. The predicted octanol–water partition coefficient (Wildman–Crippen LogP) is 5.79. The van der Waals surface area contributed by atoms with Crippen LogP contribution in [-0.4, -0.2) is 30.3 Å². The van der Waals surface area contributed by atoms with E-state index >= 15 is 0 Å². The molecule has 33 heavy (non-hydrogen) atoms. The van der Waals surface area contributed by atoms with E-state index in [1.165, 1.54) is 35.9 Å². The Morgan fingerprint density at radius 2 is 1.82 bits per heavy atom. The topological polar surface area (TPSA) is 61.2 Å². The lowest BCUT2D eigenvalue weighted by molar-refractivity contribution is -0.0216. The first-order chi connectivity index (χ1) is 15.7. The quantitative estimate of drug-likeness (QED) is 0.424. The summed E-state index contributed by atoms with van der Waals surface area (Å²) in [5.41, 5.74) is 5.48. The number of rotatable bonds is 3. The first-order valence-electron chi connectivity index (χ1n) is 12.4. The van der Waals surface area contributed by atoms with E-state index in [2.05, 4.69) is 59.8 Å². The number of allylic oxidation sites excluding steroid dienone is 3. The van der Waals surface area contributed by atoms with Crippen LogP contribution in [0.4, 0.5) is 0 Å². The second-order valence-corrected chi connectivity index (χ2v) is 12.9. The number of imidazole rings is 1. The Balaban J connectivity index is 1.29. The summed E-state index contributed by atoms with van der Waals surface area (Å²) in [4.78, 5) is 4.67. The average Bonchev–Trinajstić information content (AvgIpc) is 3.33. The summed E-state index contributed by atoms with van der Waals surface area (Å²) in [7, 11) is -3.41. The zero-order valence-corrected chi connectivity index (χ0v) is 20.6. The molecule has 2 fully saturated rings. The lowest BCUT2D eigenvalue weighted by atomic mass is 9.48. The van der Waals surface area contributed by atoms with Gasteiger partial charge in [-0.05, 0) is 80.2 Å². The summed E-state index contributed by atoms with van der Waals surface area (Å²) in [5, 5.41) is 0. The molecule has 4 aliphatic rings. The SMILES string of the molecule is C[C@]12CC[C@H](OS(C)(=O)=O)CC1=CC[C@@H]1[C@@H]2CC[C@]2(C)C(n3cnc4ccccc43)=CC[C@@H]12. The zero-order valence-electron chi connectivity index (χ0n) is 19.8. The lowest BCUT2D eigenvalue weighted by Crippen LogP contribution is -2.50. The highest BCUT2D eigenvalue weighted by Crippen LogP contribution is 2.65. The van der Waals surface area contributed by atoms with Gasteiger partial charge in [-0.3, -0.25) is 4.18 Å². The highest BCUT2D eigenvalue weighted by Gasteiger charge is 2.57. The van der Waals surface area contributed by atoms with Crippen LogP contribution in [-0.2, 0) is 14.3 Å². The van der Waals surface area contributed by atoms with Crippen LogP contribution < -0.4 is 0 Å². The first kappa shape index (κ1) is 21.6. The summed E-state index contributed by atoms with van der Waals surface area (Å²) >= 11 is 0. The van der Waals surface area contributed by atoms with Crippen LogP contribution in [0.1, 0.15) is 58.8 Å². The fourth-order valence-corrected chi connectivity index (χ4v) is 8.68. The maximum Gasteiger partial charge on any atom is 0.264 e. The Morgan fingerprint density at radius 1 is 1.03 bits per heavy atom. The van der Waals surface area contributed by atoms with Crippen molar-refractivity contribution in [3.8, 4) is 0 Å². The molecule has 1 heterocycles. The summed E-state index contributed by atoms with van der Waals surface area (Å²) in [6.45, 7) is 4.93. The number of aromatic nitrogens is 2. The minimum atomic E-state index is -3.41. The third kappa shape index (κ3) is 3.28. The molecule has 2 saturated carbocycles. The Labute approximate surface area is 197 Å². The number of para-hydroxylation sites is 2. The van der Waals surface area contributed by atoms with Gasteiger partial charge in [-0.2, -0.15) is 8.42 Å². The molecule has 2 aromatic rings. The van der Waals surface area contributed by atoms with E-state index < -0.39 is 10.1 Å². The van der Waals surface area contributed by atoms with Crippen LogP contribution in [0, 0.1) is 28.6 Å². The number of nitrogens with zero attached hydrogens (tertiary/aromatic N) is 2. The Bertz CT molecular complexity index is 1280. The van der Waals surface area contributed by atoms with Gasteiger partial charge in [0.25, 0.3) is 10.1 Å². The third-order valence-electron chi connectivity index (χ3n) is 9.62. The maximum atomic E-state index is 11.7. The highest BCUT2D eigenvalue weighted by molar-refractivity contribution is 7.86. The second-order valence-electron chi connectivity index (χ2n) is 11.3. The summed E-state index contributed by atoms with van der Waals surface area (Å²) < 4.78 is 31.1. The molecular weight excluding hydrogens is 432 g/mol. The molecule has 6 atom stereocenters. The number of fused-ring (bicyclic) bond motifs is 6. The van der Waals surface area contributed by atoms with Crippen LogP contribution in [0.25, 0.3) is 16.7 Å². The molecule has 0 spiro atoms. The van der Waals surface area contributed by atoms with Gasteiger partial charge in [0.1, 0.15) is 6.33 Å². The summed E-state index contributed by atoms with van der Waals surface area (Å²) in [6.07, 6.45) is 15.2. The minimum absolute atomic E-state index is 0.170. The van der Waals surface area contributed by atoms with E-state index in [1.54, 1.807) is 0 Å². The number of hydrogen-bond donors (Lipinski definition) is 0. The van der Waals surface area contributed by atoms with Crippen molar-refractivity contribution in [3.05, 3.63) is 48.3 Å². The molecule has 0 unspecified atom stereocenters. The molecule has 0 aliphatic heterocycles. The Morgan fingerprint density at radius 3 is 2.64 bits per heavy atom. The highest BCUT2D eigenvalue weighted by atomic mass is 32.2. The van der Waals surface area contributed by atoms with Gasteiger partial charge >= 0.3 is 0 Å². The van der Waals surface area contributed by atoms with E-state index in [-0.39, 0.29) is 16.9 Å². The molecule has 4 aliphatic carbocycles.